The Morgan fingerprint density at radius 2 is 1.88 bits per heavy atom. The van der Waals surface area contributed by atoms with E-state index in [0.717, 1.165) is 25.2 Å². The van der Waals surface area contributed by atoms with Crippen molar-refractivity contribution in [2.45, 2.75) is 6.18 Å². The lowest BCUT2D eigenvalue weighted by molar-refractivity contribution is -0.139. The van der Waals surface area contributed by atoms with Gasteiger partial charge in [-0.25, -0.2) is 14.4 Å². The van der Waals surface area contributed by atoms with Gasteiger partial charge in [-0.3, -0.25) is 0 Å². The highest BCUT2D eigenvalue weighted by molar-refractivity contribution is 5.93. The second kappa shape index (κ2) is 5.26. The van der Waals surface area contributed by atoms with E-state index in [1.54, 1.807) is 0 Å². The fourth-order valence-electron chi connectivity index (χ4n) is 2.85. The summed E-state index contributed by atoms with van der Waals surface area (Å²) in [5.74, 6) is -0.909. The van der Waals surface area contributed by atoms with Gasteiger partial charge in [-0.2, -0.15) is 22.8 Å². The Bertz CT molecular complexity index is 913. The predicted octanol–water partition coefficient (Wildman–Crippen LogP) is 1.84. The topological polar surface area (TPSA) is 58.4 Å². The van der Waals surface area contributed by atoms with Gasteiger partial charge in [0.25, 0.3) is 0 Å². The summed E-state index contributed by atoms with van der Waals surface area (Å²) in [5, 5.41) is 7.37. The molecule has 2 aromatic heterocycles. The van der Waals surface area contributed by atoms with Crippen LogP contribution in [-0.2, 0) is 6.18 Å². The molecule has 0 spiro atoms. The third-order valence-corrected chi connectivity index (χ3v) is 3.99. The molecule has 1 aromatic carbocycles. The van der Waals surface area contributed by atoms with Crippen LogP contribution in [0.1, 0.15) is 5.56 Å². The van der Waals surface area contributed by atoms with Crippen molar-refractivity contribution in [2.24, 2.45) is 0 Å². The lowest BCUT2D eigenvalue weighted by Crippen LogP contribution is -2.44. The summed E-state index contributed by atoms with van der Waals surface area (Å²) in [4.78, 5) is 10.3. The minimum atomic E-state index is -4.79. The summed E-state index contributed by atoms with van der Waals surface area (Å²) in [6.45, 7) is 2.82. The average Bonchev–Trinajstić information content (AvgIpc) is 3.03. The summed E-state index contributed by atoms with van der Waals surface area (Å²) < 4.78 is 54.1. The number of nitrogens with one attached hydrogen (secondary N) is 1. The third-order valence-electron chi connectivity index (χ3n) is 3.99. The monoisotopic (exact) mass is 340 g/mol. The highest BCUT2D eigenvalue weighted by Gasteiger charge is 2.35. The molecule has 0 unspecified atom stereocenters. The predicted molar refractivity (Wildman–Crippen MR) is 78.3 cm³/mol. The van der Waals surface area contributed by atoms with Crippen molar-refractivity contribution in [1.82, 2.24) is 24.9 Å². The van der Waals surface area contributed by atoms with Gasteiger partial charge in [0.2, 0.25) is 5.95 Å². The molecular weight excluding hydrogens is 328 g/mol. The van der Waals surface area contributed by atoms with Crippen LogP contribution in [0, 0.1) is 5.82 Å². The van der Waals surface area contributed by atoms with Crippen LogP contribution in [0.25, 0.3) is 16.6 Å². The van der Waals surface area contributed by atoms with Gasteiger partial charge in [-0.05, 0) is 6.07 Å². The Hall–Kier alpha value is -2.49. The van der Waals surface area contributed by atoms with Gasteiger partial charge in [0, 0.05) is 37.6 Å². The molecule has 1 fully saturated rings. The van der Waals surface area contributed by atoms with Crippen LogP contribution in [-0.4, -0.2) is 45.8 Å². The van der Waals surface area contributed by atoms with E-state index < -0.39 is 17.6 Å². The Balaban J connectivity index is 1.98. The first-order valence-corrected chi connectivity index (χ1v) is 7.31. The van der Waals surface area contributed by atoms with Crippen LogP contribution in [0.3, 0.4) is 0 Å². The zero-order valence-corrected chi connectivity index (χ0v) is 12.3. The number of piperazine rings is 1. The molecule has 6 nitrogen and oxygen atoms in total. The molecule has 3 aromatic rings. The van der Waals surface area contributed by atoms with Crippen LogP contribution in [0.4, 0.5) is 23.5 Å². The van der Waals surface area contributed by atoms with Crippen molar-refractivity contribution >= 4 is 22.5 Å². The highest BCUT2D eigenvalue weighted by Crippen LogP contribution is 2.35. The van der Waals surface area contributed by atoms with Crippen LogP contribution in [0.2, 0.25) is 0 Å². The lowest BCUT2D eigenvalue weighted by atomic mass is 10.1. The van der Waals surface area contributed by atoms with Crippen molar-refractivity contribution in [3.05, 3.63) is 29.8 Å². The molecule has 1 N–H and O–H groups in total. The summed E-state index contributed by atoms with van der Waals surface area (Å²) in [6.07, 6.45) is -3.54. The Morgan fingerprint density at radius 1 is 1.12 bits per heavy atom. The number of rotatable bonds is 1. The summed E-state index contributed by atoms with van der Waals surface area (Å²) in [5.41, 5.74) is -0.995. The van der Waals surface area contributed by atoms with Crippen LogP contribution >= 0.6 is 0 Å². The second-order valence-corrected chi connectivity index (χ2v) is 5.49. The molecule has 0 radical (unpaired) electrons. The largest absolute Gasteiger partial charge is 0.419 e. The average molecular weight is 340 g/mol. The van der Waals surface area contributed by atoms with Crippen LogP contribution in [0.5, 0.6) is 0 Å². The smallest absolute Gasteiger partial charge is 0.338 e. The normalized spacial score (nSPS) is 16.2. The first kappa shape index (κ1) is 15.1. The molecule has 0 aliphatic carbocycles. The van der Waals surface area contributed by atoms with Crippen molar-refractivity contribution in [3.63, 3.8) is 0 Å². The number of alkyl halides is 3. The number of hydrogen-bond donors (Lipinski definition) is 1. The fraction of sp³-hybridized carbons (Fsp3) is 0.357. The van der Waals surface area contributed by atoms with Gasteiger partial charge in [0.15, 0.2) is 5.65 Å². The number of benzene rings is 1. The Labute approximate surface area is 133 Å². The van der Waals surface area contributed by atoms with E-state index in [1.807, 2.05) is 4.90 Å². The molecule has 126 valence electrons. The van der Waals surface area contributed by atoms with Gasteiger partial charge in [-0.1, -0.05) is 0 Å². The van der Waals surface area contributed by atoms with Gasteiger partial charge < -0.3 is 10.2 Å². The number of anilines is 1. The maximum absolute atomic E-state index is 13.9. The van der Waals surface area contributed by atoms with Crippen molar-refractivity contribution in [2.75, 3.05) is 31.1 Å². The molecular formula is C14H12F4N6. The van der Waals surface area contributed by atoms with E-state index in [1.165, 1.54) is 10.8 Å². The molecule has 24 heavy (non-hydrogen) atoms. The summed E-state index contributed by atoms with van der Waals surface area (Å²) in [6, 6.07) is 1.54. The van der Waals surface area contributed by atoms with Crippen LogP contribution < -0.4 is 10.2 Å². The van der Waals surface area contributed by atoms with Crippen LogP contribution in [0.15, 0.2) is 18.5 Å². The zero-order valence-electron chi connectivity index (χ0n) is 12.3. The molecule has 0 bridgehead atoms. The lowest BCUT2D eigenvalue weighted by Gasteiger charge is -2.28. The number of hydrogen-bond acceptors (Lipinski definition) is 5. The fourth-order valence-corrected chi connectivity index (χ4v) is 2.85. The Kier molecular flexibility index (Phi) is 3.30. The Morgan fingerprint density at radius 3 is 2.58 bits per heavy atom. The van der Waals surface area contributed by atoms with Gasteiger partial charge in [0.1, 0.15) is 12.1 Å². The maximum Gasteiger partial charge on any atom is 0.419 e. The van der Waals surface area contributed by atoms with Gasteiger partial charge in [-0.15, -0.1) is 0 Å². The second-order valence-electron chi connectivity index (χ2n) is 5.49. The third kappa shape index (κ3) is 2.33. The van der Waals surface area contributed by atoms with E-state index in [-0.39, 0.29) is 16.6 Å². The number of aromatic nitrogens is 4. The standard InChI is InChI=1S/C14H12F4N6/c15-10-6-11-8(5-9(10)14(16,17)18)12-20-7-21-24(12)13(22-11)23-3-1-19-2-4-23/h5-7,19H,1-4H2. The van der Waals surface area contributed by atoms with E-state index in [4.69, 9.17) is 0 Å². The molecule has 0 amide bonds. The molecule has 1 aliphatic rings. The zero-order chi connectivity index (χ0) is 16.9. The molecule has 10 heteroatoms. The van der Waals surface area contributed by atoms with E-state index >= 15 is 0 Å². The van der Waals surface area contributed by atoms with E-state index in [0.29, 0.717) is 19.0 Å². The first-order valence-electron chi connectivity index (χ1n) is 7.31. The van der Waals surface area contributed by atoms with E-state index in [2.05, 4.69) is 20.4 Å². The van der Waals surface area contributed by atoms with Gasteiger partial charge in [0.05, 0.1) is 11.1 Å². The summed E-state index contributed by atoms with van der Waals surface area (Å²) in [7, 11) is 0. The minimum Gasteiger partial charge on any atom is -0.338 e. The van der Waals surface area contributed by atoms with Crippen molar-refractivity contribution in [1.29, 1.82) is 0 Å². The van der Waals surface area contributed by atoms with Gasteiger partial charge >= 0.3 is 6.18 Å². The molecule has 0 saturated carbocycles. The SMILES string of the molecule is Fc1cc2nc(N3CCNCC3)n3ncnc3c2cc1C(F)(F)F. The molecule has 3 heterocycles. The molecule has 1 saturated heterocycles. The summed E-state index contributed by atoms with van der Waals surface area (Å²) >= 11 is 0. The molecule has 0 atom stereocenters. The molecule has 1 aliphatic heterocycles. The minimum absolute atomic E-state index is 0.111. The maximum atomic E-state index is 13.9. The molecule has 4 rings (SSSR count). The number of nitrogens with zero attached hydrogens (tertiary/aromatic N) is 5. The highest BCUT2D eigenvalue weighted by atomic mass is 19.4. The number of halogens is 4. The quantitative estimate of drug-likeness (QED) is 0.685. The number of fused-ring (bicyclic) bond motifs is 3. The van der Waals surface area contributed by atoms with Crippen molar-refractivity contribution in [3.8, 4) is 0 Å². The first-order chi connectivity index (χ1) is 11.4. The van der Waals surface area contributed by atoms with Crippen molar-refractivity contribution < 1.29 is 17.6 Å². The van der Waals surface area contributed by atoms with E-state index in [9.17, 15) is 17.6 Å².